The third-order valence-corrected chi connectivity index (χ3v) is 4.23. The monoisotopic (exact) mass is 440 g/mol. The summed E-state index contributed by atoms with van der Waals surface area (Å²) in [4.78, 5) is 15.5. The number of pyridine rings is 1. The zero-order valence-electron chi connectivity index (χ0n) is 16.5. The van der Waals surface area contributed by atoms with Crippen molar-refractivity contribution in [1.82, 2.24) is 25.0 Å². The summed E-state index contributed by atoms with van der Waals surface area (Å²) in [5.41, 5.74) is 0.221. The summed E-state index contributed by atoms with van der Waals surface area (Å²) < 4.78 is 44.9. The van der Waals surface area contributed by atoms with Gasteiger partial charge >= 0.3 is 6.18 Å². The molecule has 0 spiro atoms. The lowest BCUT2D eigenvalue weighted by atomic mass is 10.2. The topological polar surface area (TPSA) is 94.8 Å². The molecule has 0 aliphatic rings. The van der Waals surface area contributed by atoms with Crippen molar-refractivity contribution in [3.63, 3.8) is 0 Å². The Morgan fingerprint density at radius 1 is 1.00 bits per heavy atom. The van der Waals surface area contributed by atoms with E-state index in [1.54, 1.807) is 47.3 Å². The molecule has 8 nitrogen and oxygen atoms in total. The van der Waals surface area contributed by atoms with Crippen LogP contribution in [-0.4, -0.2) is 30.9 Å². The van der Waals surface area contributed by atoms with E-state index in [2.05, 4.69) is 25.6 Å². The quantitative estimate of drug-likeness (QED) is 0.493. The molecule has 1 amide bonds. The van der Waals surface area contributed by atoms with E-state index < -0.39 is 17.8 Å². The molecule has 0 saturated carbocycles. The van der Waals surface area contributed by atoms with Crippen LogP contribution in [0.4, 0.5) is 18.9 Å². The van der Waals surface area contributed by atoms with E-state index in [1.165, 1.54) is 0 Å². The molecular formula is C21H15F3N6O2. The van der Waals surface area contributed by atoms with Crippen molar-refractivity contribution in [3.8, 4) is 17.4 Å². The van der Waals surface area contributed by atoms with Crippen LogP contribution in [0.5, 0.6) is 11.6 Å². The highest BCUT2D eigenvalue weighted by Crippen LogP contribution is 2.27. The molecule has 0 unspecified atom stereocenters. The number of rotatable bonds is 5. The molecule has 3 aromatic heterocycles. The average Bonchev–Trinajstić information content (AvgIpc) is 3.21. The molecular weight excluding hydrogens is 425 g/mol. The number of alkyl halides is 3. The molecule has 1 aromatic carbocycles. The van der Waals surface area contributed by atoms with Crippen LogP contribution < -0.4 is 10.1 Å². The van der Waals surface area contributed by atoms with Gasteiger partial charge in [0.25, 0.3) is 5.91 Å². The summed E-state index contributed by atoms with van der Waals surface area (Å²) in [5, 5.41) is 14.9. The van der Waals surface area contributed by atoms with Crippen LogP contribution in [0, 0.1) is 6.92 Å². The van der Waals surface area contributed by atoms with Crippen LogP contribution in [0.1, 0.15) is 21.7 Å². The molecule has 32 heavy (non-hydrogen) atoms. The highest BCUT2D eigenvalue weighted by molar-refractivity contribution is 6.04. The molecule has 0 bridgehead atoms. The van der Waals surface area contributed by atoms with Crippen molar-refractivity contribution in [2.75, 3.05) is 5.32 Å². The van der Waals surface area contributed by atoms with E-state index in [0.29, 0.717) is 17.3 Å². The second kappa shape index (κ2) is 8.46. The number of aromatic nitrogens is 5. The predicted molar refractivity (Wildman–Crippen MR) is 108 cm³/mol. The molecule has 0 aliphatic carbocycles. The van der Waals surface area contributed by atoms with Gasteiger partial charge < -0.3 is 10.1 Å². The lowest BCUT2D eigenvalue weighted by molar-refractivity contribution is -0.141. The Bertz CT molecular complexity index is 1220. The van der Waals surface area contributed by atoms with Crippen LogP contribution in [0.3, 0.4) is 0 Å². The Morgan fingerprint density at radius 2 is 1.78 bits per heavy atom. The van der Waals surface area contributed by atoms with E-state index in [9.17, 15) is 18.0 Å². The third kappa shape index (κ3) is 4.89. The highest BCUT2D eigenvalue weighted by atomic mass is 19.4. The minimum absolute atomic E-state index is 0.000987. The lowest BCUT2D eigenvalue weighted by Crippen LogP contribution is -2.14. The molecule has 0 aliphatic heterocycles. The number of hydrogen-bond donors (Lipinski definition) is 1. The predicted octanol–water partition coefficient (Wildman–Crippen LogP) is 4.43. The molecule has 0 atom stereocenters. The molecule has 1 N–H and O–H groups in total. The molecule has 162 valence electrons. The number of amides is 1. The molecule has 0 saturated heterocycles. The first-order valence-electron chi connectivity index (χ1n) is 9.27. The van der Waals surface area contributed by atoms with Crippen LogP contribution in [0.2, 0.25) is 0 Å². The van der Waals surface area contributed by atoms with Gasteiger partial charge in [-0.05, 0) is 55.5 Å². The normalized spacial score (nSPS) is 11.2. The first kappa shape index (κ1) is 21.0. The Labute approximate surface area is 179 Å². The third-order valence-electron chi connectivity index (χ3n) is 4.23. The zero-order chi connectivity index (χ0) is 22.7. The van der Waals surface area contributed by atoms with Gasteiger partial charge in [0, 0.05) is 24.1 Å². The number of nitrogens with zero attached hydrogens (tertiary/aromatic N) is 5. The van der Waals surface area contributed by atoms with Gasteiger partial charge in [0.05, 0.1) is 11.3 Å². The standard InChI is InChI=1S/C21H15F3N6O2/c1-13-10-11-30(29-13)18-8-9-19(28-27-18)32-16-5-3-15(4-6-16)26-20(31)14-2-7-17(25-12-14)21(22,23)24/h2-12H,1H3,(H,26,31). The Balaban J connectivity index is 1.37. The molecule has 0 radical (unpaired) electrons. The number of benzene rings is 1. The summed E-state index contributed by atoms with van der Waals surface area (Å²) in [6, 6.07) is 13.4. The second-order valence-corrected chi connectivity index (χ2v) is 6.64. The summed E-state index contributed by atoms with van der Waals surface area (Å²) in [7, 11) is 0. The Morgan fingerprint density at radius 3 is 2.34 bits per heavy atom. The second-order valence-electron chi connectivity index (χ2n) is 6.64. The molecule has 0 fully saturated rings. The zero-order valence-corrected chi connectivity index (χ0v) is 16.5. The van der Waals surface area contributed by atoms with Crippen molar-refractivity contribution in [1.29, 1.82) is 0 Å². The van der Waals surface area contributed by atoms with Gasteiger partial charge in [0.2, 0.25) is 5.88 Å². The van der Waals surface area contributed by atoms with E-state index in [4.69, 9.17) is 4.74 Å². The number of anilines is 1. The maximum atomic E-state index is 12.6. The SMILES string of the molecule is Cc1ccn(-c2ccc(Oc3ccc(NC(=O)c4ccc(C(F)(F)F)nc4)cc3)nn2)n1. The first-order chi connectivity index (χ1) is 15.3. The van der Waals surface area contributed by atoms with Crippen molar-refractivity contribution >= 4 is 11.6 Å². The van der Waals surface area contributed by atoms with Crippen LogP contribution in [-0.2, 0) is 6.18 Å². The summed E-state index contributed by atoms with van der Waals surface area (Å²) >= 11 is 0. The number of carbonyl (C=O) groups excluding carboxylic acids is 1. The van der Waals surface area contributed by atoms with Gasteiger partial charge in [-0.3, -0.25) is 9.78 Å². The van der Waals surface area contributed by atoms with Gasteiger partial charge in [-0.15, -0.1) is 10.2 Å². The maximum absolute atomic E-state index is 12.6. The van der Waals surface area contributed by atoms with E-state index in [1.807, 2.05) is 13.0 Å². The van der Waals surface area contributed by atoms with Gasteiger partial charge in [-0.2, -0.15) is 18.3 Å². The van der Waals surface area contributed by atoms with Gasteiger partial charge in [-0.1, -0.05) is 0 Å². The number of hydrogen-bond acceptors (Lipinski definition) is 6. The van der Waals surface area contributed by atoms with Crippen LogP contribution >= 0.6 is 0 Å². The molecule has 11 heteroatoms. The minimum atomic E-state index is -4.56. The number of nitrogens with one attached hydrogen (secondary N) is 1. The van der Waals surface area contributed by atoms with E-state index in [-0.39, 0.29) is 11.4 Å². The van der Waals surface area contributed by atoms with Crippen molar-refractivity contribution in [2.24, 2.45) is 0 Å². The van der Waals surface area contributed by atoms with E-state index in [0.717, 1.165) is 24.0 Å². The van der Waals surface area contributed by atoms with Crippen LogP contribution in [0.15, 0.2) is 67.0 Å². The number of ether oxygens (including phenoxy) is 1. The fraction of sp³-hybridized carbons (Fsp3) is 0.0952. The average molecular weight is 440 g/mol. The minimum Gasteiger partial charge on any atom is -0.438 e. The van der Waals surface area contributed by atoms with Gasteiger partial charge in [0.1, 0.15) is 11.4 Å². The van der Waals surface area contributed by atoms with Crippen molar-refractivity contribution in [3.05, 3.63) is 83.9 Å². The fourth-order valence-corrected chi connectivity index (χ4v) is 2.66. The van der Waals surface area contributed by atoms with Gasteiger partial charge in [0.15, 0.2) is 5.82 Å². The largest absolute Gasteiger partial charge is 0.438 e. The van der Waals surface area contributed by atoms with Crippen molar-refractivity contribution in [2.45, 2.75) is 13.1 Å². The smallest absolute Gasteiger partial charge is 0.433 e. The maximum Gasteiger partial charge on any atom is 0.433 e. The van der Waals surface area contributed by atoms with Crippen LogP contribution in [0.25, 0.3) is 5.82 Å². The lowest BCUT2D eigenvalue weighted by Gasteiger charge is -2.09. The highest BCUT2D eigenvalue weighted by Gasteiger charge is 2.32. The van der Waals surface area contributed by atoms with E-state index >= 15 is 0 Å². The fourth-order valence-electron chi connectivity index (χ4n) is 2.66. The first-order valence-corrected chi connectivity index (χ1v) is 9.27. The summed E-state index contributed by atoms with van der Waals surface area (Å²) in [6.45, 7) is 1.87. The summed E-state index contributed by atoms with van der Waals surface area (Å²) in [5.74, 6) is 0.679. The summed E-state index contributed by atoms with van der Waals surface area (Å²) in [6.07, 6.45) is -1.91. The Hall–Kier alpha value is -4.28. The number of halogens is 3. The number of carbonyl (C=O) groups is 1. The van der Waals surface area contributed by atoms with Crippen molar-refractivity contribution < 1.29 is 22.7 Å². The van der Waals surface area contributed by atoms with Gasteiger partial charge in [-0.25, -0.2) is 4.68 Å². The molecule has 3 heterocycles. The number of aryl methyl sites for hydroxylation is 1. The molecule has 4 aromatic rings. The molecule has 4 rings (SSSR count). The Kier molecular flexibility index (Phi) is 5.54.